The van der Waals surface area contributed by atoms with E-state index < -0.39 is 0 Å². The fraction of sp³-hybridized carbons (Fsp3) is 0.267. The van der Waals surface area contributed by atoms with Gasteiger partial charge in [-0.3, -0.25) is 4.79 Å². The van der Waals surface area contributed by atoms with Gasteiger partial charge in [0.1, 0.15) is 0 Å². The second kappa shape index (κ2) is 4.21. The largest absolute Gasteiger partial charge is 0.322 e. The number of fused-ring (bicyclic) bond motifs is 1. The Kier molecular flexibility index (Phi) is 2.88. The van der Waals surface area contributed by atoms with E-state index in [4.69, 9.17) is 0 Å². The first kappa shape index (κ1) is 11.6. The van der Waals surface area contributed by atoms with Crippen LogP contribution >= 0.6 is 0 Å². The van der Waals surface area contributed by atoms with Crippen molar-refractivity contribution in [3.05, 3.63) is 60.7 Å². The molecule has 1 aliphatic heterocycles. The minimum absolute atomic E-state index is 0.0715. The first-order valence-electron chi connectivity index (χ1n) is 5.87. The summed E-state index contributed by atoms with van der Waals surface area (Å²) in [6, 6.07) is 7.77. The van der Waals surface area contributed by atoms with E-state index in [9.17, 15) is 4.79 Å². The Morgan fingerprint density at radius 3 is 2.65 bits per heavy atom. The zero-order valence-corrected chi connectivity index (χ0v) is 10.1. The summed E-state index contributed by atoms with van der Waals surface area (Å²) in [5, 5.41) is 0. The van der Waals surface area contributed by atoms with Crippen LogP contribution in [0.25, 0.3) is 0 Å². The van der Waals surface area contributed by atoms with Crippen molar-refractivity contribution >= 4 is 5.91 Å². The number of hydrogen-bond acceptors (Lipinski definition) is 1. The summed E-state index contributed by atoms with van der Waals surface area (Å²) in [7, 11) is 0. The van der Waals surface area contributed by atoms with Crippen LogP contribution in [0, 0.1) is 0 Å². The monoisotopic (exact) mass is 227 g/mol. The van der Waals surface area contributed by atoms with E-state index in [1.165, 1.54) is 0 Å². The Morgan fingerprint density at radius 1 is 1.35 bits per heavy atom. The van der Waals surface area contributed by atoms with Crippen LogP contribution in [0.5, 0.6) is 0 Å². The van der Waals surface area contributed by atoms with Gasteiger partial charge in [-0.1, -0.05) is 37.3 Å². The molecule has 0 N–H and O–H groups in total. The quantitative estimate of drug-likeness (QED) is 0.724. The number of carbonyl (C=O) groups is 1. The van der Waals surface area contributed by atoms with Crippen molar-refractivity contribution in [3.63, 3.8) is 0 Å². The molecule has 1 unspecified atom stereocenters. The van der Waals surface area contributed by atoms with Gasteiger partial charge in [-0.15, -0.1) is 13.2 Å². The molecule has 1 aliphatic rings. The van der Waals surface area contributed by atoms with Gasteiger partial charge in [0.05, 0.1) is 5.54 Å². The maximum Gasteiger partial charge on any atom is 0.255 e. The number of hydrogen-bond donors (Lipinski definition) is 0. The van der Waals surface area contributed by atoms with E-state index in [0.29, 0.717) is 6.54 Å². The summed E-state index contributed by atoms with van der Waals surface area (Å²) >= 11 is 0. The van der Waals surface area contributed by atoms with Crippen LogP contribution in [0.15, 0.2) is 49.6 Å². The molecule has 1 heterocycles. The average molecular weight is 227 g/mol. The summed E-state index contributed by atoms with van der Waals surface area (Å²) in [6.07, 6.45) is 4.46. The van der Waals surface area contributed by atoms with Gasteiger partial charge in [-0.25, -0.2) is 0 Å². The predicted molar refractivity (Wildman–Crippen MR) is 69.8 cm³/mol. The lowest BCUT2D eigenvalue weighted by Gasteiger charge is -2.35. The maximum atomic E-state index is 12.4. The highest BCUT2D eigenvalue weighted by atomic mass is 16.2. The molecule has 0 aromatic heterocycles. The van der Waals surface area contributed by atoms with Gasteiger partial charge >= 0.3 is 0 Å². The molecule has 0 saturated carbocycles. The second-order valence-corrected chi connectivity index (χ2v) is 4.23. The van der Waals surface area contributed by atoms with Crippen molar-refractivity contribution in [3.8, 4) is 0 Å². The summed E-state index contributed by atoms with van der Waals surface area (Å²) < 4.78 is 0. The first-order valence-corrected chi connectivity index (χ1v) is 5.87. The van der Waals surface area contributed by atoms with Crippen LogP contribution in [-0.2, 0) is 5.54 Å². The van der Waals surface area contributed by atoms with Crippen molar-refractivity contribution < 1.29 is 4.79 Å². The third-order valence-electron chi connectivity index (χ3n) is 3.54. The highest BCUT2D eigenvalue weighted by molar-refractivity contribution is 6.00. The van der Waals surface area contributed by atoms with Crippen LogP contribution in [0.1, 0.15) is 29.3 Å². The third-order valence-corrected chi connectivity index (χ3v) is 3.54. The molecule has 2 nitrogen and oxygen atoms in total. The molecule has 1 aromatic rings. The molecule has 88 valence electrons. The Bertz CT molecular complexity index is 478. The molecule has 0 fully saturated rings. The first-order chi connectivity index (χ1) is 8.21. The van der Waals surface area contributed by atoms with Gasteiger partial charge in [0.25, 0.3) is 5.91 Å². The molecule has 17 heavy (non-hydrogen) atoms. The molecule has 2 rings (SSSR count). The van der Waals surface area contributed by atoms with Crippen LogP contribution in [0.3, 0.4) is 0 Å². The lowest BCUT2D eigenvalue weighted by molar-refractivity contribution is 0.0661. The zero-order valence-electron chi connectivity index (χ0n) is 10.1. The minimum Gasteiger partial charge on any atom is -0.322 e. The highest BCUT2D eigenvalue weighted by Crippen LogP contribution is 2.42. The Balaban J connectivity index is 2.64. The Morgan fingerprint density at radius 2 is 2.06 bits per heavy atom. The maximum absolute atomic E-state index is 12.4. The molecule has 0 saturated heterocycles. The molecular weight excluding hydrogens is 210 g/mol. The second-order valence-electron chi connectivity index (χ2n) is 4.23. The van der Waals surface area contributed by atoms with Gasteiger partial charge in [-0.2, -0.15) is 0 Å². The summed E-state index contributed by atoms with van der Waals surface area (Å²) in [6.45, 7) is 10.3. The smallest absolute Gasteiger partial charge is 0.255 e. The predicted octanol–water partition coefficient (Wildman–Crippen LogP) is 3.12. The van der Waals surface area contributed by atoms with E-state index in [1.807, 2.05) is 35.2 Å². The lowest BCUT2D eigenvalue weighted by Crippen LogP contribution is -2.41. The summed E-state index contributed by atoms with van der Waals surface area (Å²) in [5.41, 5.74) is 1.47. The highest BCUT2D eigenvalue weighted by Gasteiger charge is 2.45. The normalized spacial score (nSPS) is 22.4. The molecule has 1 aromatic carbocycles. The number of benzene rings is 1. The van der Waals surface area contributed by atoms with E-state index in [2.05, 4.69) is 20.1 Å². The van der Waals surface area contributed by atoms with Crippen molar-refractivity contribution in [1.82, 2.24) is 4.90 Å². The van der Waals surface area contributed by atoms with Crippen LogP contribution in [-0.4, -0.2) is 17.4 Å². The molecule has 1 amide bonds. The molecule has 0 spiro atoms. The SMILES string of the molecule is C=CCN1C(=O)c2ccccc2C1(C=C)CC. The van der Waals surface area contributed by atoms with Gasteiger partial charge in [-0.05, 0) is 18.1 Å². The number of nitrogens with zero attached hydrogens (tertiary/aromatic N) is 1. The number of rotatable bonds is 4. The van der Waals surface area contributed by atoms with Crippen LogP contribution in [0.4, 0.5) is 0 Å². The fourth-order valence-electron chi connectivity index (χ4n) is 2.64. The van der Waals surface area contributed by atoms with Crippen LogP contribution in [0.2, 0.25) is 0 Å². The lowest BCUT2D eigenvalue weighted by atomic mass is 9.87. The molecule has 0 radical (unpaired) electrons. The molecule has 0 bridgehead atoms. The number of carbonyl (C=O) groups excluding carboxylic acids is 1. The number of amides is 1. The minimum atomic E-state index is -0.373. The summed E-state index contributed by atoms with van der Waals surface area (Å²) in [5.74, 6) is 0.0715. The van der Waals surface area contributed by atoms with E-state index in [-0.39, 0.29) is 11.4 Å². The van der Waals surface area contributed by atoms with Crippen LogP contribution < -0.4 is 0 Å². The van der Waals surface area contributed by atoms with Gasteiger partial charge < -0.3 is 4.90 Å². The van der Waals surface area contributed by atoms with Gasteiger partial charge in [0, 0.05) is 12.1 Å². The molecule has 0 aliphatic carbocycles. The van der Waals surface area contributed by atoms with Crippen molar-refractivity contribution in [2.24, 2.45) is 0 Å². The molecule has 1 atom stereocenters. The summed E-state index contributed by atoms with van der Waals surface area (Å²) in [4.78, 5) is 14.2. The average Bonchev–Trinajstić information content (AvgIpc) is 2.61. The van der Waals surface area contributed by atoms with E-state index in [0.717, 1.165) is 17.5 Å². The molecule has 2 heteroatoms. The van der Waals surface area contributed by atoms with Crippen molar-refractivity contribution in [2.45, 2.75) is 18.9 Å². The Labute approximate surface area is 102 Å². The van der Waals surface area contributed by atoms with E-state index in [1.54, 1.807) is 6.08 Å². The Hall–Kier alpha value is -1.83. The topological polar surface area (TPSA) is 20.3 Å². The standard InChI is InChI=1S/C15H17NO/c1-4-11-16-14(17)12-9-7-8-10-13(12)15(16,5-2)6-3/h4-5,7-10H,1-2,6,11H2,3H3. The van der Waals surface area contributed by atoms with Crippen molar-refractivity contribution in [1.29, 1.82) is 0 Å². The third kappa shape index (κ3) is 1.44. The fourth-order valence-corrected chi connectivity index (χ4v) is 2.64. The van der Waals surface area contributed by atoms with Crippen molar-refractivity contribution in [2.75, 3.05) is 6.54 Å². The molecular formula is C15H17NO. The zero-order chi connectivity index (χ0) is 12.5. The van der Waals surface area contributed by atoms with E-state index >= 15 is 0 Å². The van der Waals surface area contributed by atoms with Gasteiger partial charge in [0.15, 0.2) is 0 Å². The van der Waals surface area contributed by atoms with Gasteiger partial charge in [0.2, 0.25) is 0 Å².